The second-order valence-corrected chi connectivity index (χ2v) is 6.10. The average molecular weight is 316 g/mol. The molecule has 7 heteroatoms. The molecule has 0 saturated heterocycles. The Bertz CT molecular complexity index is 903. The van der Waals surface area contributed by atoms with Crippen LogP contribution in [0.1, 0.15) is 33.2 Å². The van der Waals surface area contributed by atoms with Crippen LogP contribution in [0.4, 0.5) is 0 Å². The van der Waals surface area contributed by atoms with Gasteiger partial charge in [0.1, 0.15) is 17.9 Å². The molecular weight excluding hydrogens is 296 g/mol. The molecule has 0 spiro atoms. The summed E-state index contributed by atoms with van der Waals surface area (Å²) in [7, 11) is 0. The zero-order valence-corrected chi connectivity index (χ0v) is 13.4. The maximum Gasteiger partial charge on any atom is 0.291 e. The first kappa shape index (κ1) is 15.3. The Morgan fingerprint density at radius 1 is 1.35 bits per heavy atom. The average Bonchev–Trinajstić information content (AvgIpc) is 3.08. The summed E-state index contributed by atoms with van der Waals surface area (Å²) in [5, 5.41) is 6.98. The van der Waals surface area contributed by atoms with Crippen LogP contribution in [0.25, 0.3) is 16.6 Å². The summed E-state index contributed by atoms with van der Waals surface area (Å²) in [5.41, 5.74) is 1.53. The Morgan fingerprint density at radius 2 is 2.13 bits per heavy atom. The van der Waals surface area contributed by atoms with E-state index in [9.17, 15) is 9.59 Å². The smallest absolute Gasteiger partial charge is 0.291 e. The first-order chi connectivity index (χ1) is 11.0. The van der Waals surface area contributed by atoms with E-state index in [-0.39, 0.29) is 11.5 Å². The molecule has 0 aliphatic carbocycles. The summed E-state index contributed by atoms with van der Waals surface area (Å²) in [6.07, 6.45) is 3.99. The minimum atomic E-state index is -0.666. The number of aromatic nitrogens is 3. The van der Waals surface area contributed by atoms with E-state index in [0.717, 1.165) is 11.9 Å². The minimum Gasteiger partial charge on any atom is -0.463 e. The highest BCUT2D eigenvalue weighted by atomic mass is 16.3. The Hall–Kier alpha value is -2.57. The van der Waals surface area contributed by atoms with Crippen molar-refractivity contribution in [1.82, 2.24) is 19.5 Å². The van der Waals surface area contributed by atoms with Gasteiger partial charge in [-0.05, 0) is 19.3 Å². The van der Waals surface area contributed by atoms with Gasteiger partial charge in [-0.2, -0.15) is 5.10 Å². The lowest BCUT2D eigenvalue weighted by atomic mass is 10.1. The van der Waals surface area contributed by atoms with Crippen molar-refractivity contribution >= 4 is 22.5 Å². The Labute approximate surface area is 132 Å². The lowest BCUT2D eigenvalue weighted by Crippen LogP contribution is -2.38. The second kappa shape index (κ2) is 5.91. The van der Waals surface area contributed by atoms with Gasteiger partial charge in [-0.25, -0.2) is 4.68 Å². The monoisotopic (exact) mass is 316 g/mol. The summed E-state index contributed by atoms with van der Waals surface area (Å²) in [5.74, 6) is 0.304. The van der Waals surface area contributed by atoms with E-state index in [0.29, 0.717) is 23.6 Å². The van der Waals surface area contributed by atoms with E-state index in [1.165, 1.54) is 11.0 Å². The number of nitrogens with one attached hydrogen (secondary N) is 1. The molecule has 3 aromatic heterocycles. The highest BCUT2D eigenvalue weighted by Crippen LogP contribution is 2.18. The number of hydrogen-bond donors (Lipinski definition) is 1. The van der Waals surface area contributed by atoms with E-state index in [1.54, 1.807) is 29.7 Å². The number of carbonyl (C=O) groups is 1. The zero-order valence-electron chi connectivity index (χ0n) is 13.4. The van der Waals surface area contributed by atoms with Crippen molar-refractivity contribution in [3.63, 3.8) is 0 Å². The van der Waals surface area contributed by atoms with E-state index in [2.05, 4.69) is 24.3 Å². The fraction of sp³-hybridized carbons (Fsp3) is 0.438. The predicted octanol–water partition coefficient (Wildman–Crippen LogP) is 1.97. The molecule has 0 saturated carbocycles. The van der Waals surface area contributed by atoms with Gasteiger partial charge in [-0.3, -0.25) is 14.0 Å². The van der Waals surface area contributed by atoms with Crippen LogP contribution in [0.5, 0.6) is 0 Å². The van der Waals surface area contributed by atoms with E-state index in [1.807, 2.05) is 0 Å². The van der Waals surface area contributed by atoms with E-state index >= 15 is 0 Å². The molecule has 3 rings (SSSR count). The van der Waals surface area contributed by atoms with Gasteiger partial charge in [0, 0.05) is 18.7 Å². The van der Waals surface area contributed by atoms with Crippen LogP contribution in [-0.4, -0.2) is 26.6 Å². The van der Waals surface area contributed by atoms with Crippen LogP contribution in [-0.2, 0) is 4.79 Å². The Kier molecular flexibility index (Phi) is 3.94. The highest BCUT2D eigenvalue weighted by molar-refractivity contribution is 5.82. The number of hydrogen-bond acceptors (Lipinski definition) is 4. The highest BCUT2D eigenvalue weighted by Gasteiger charge is 2.19. The summed E-state index contributed by atoms with van der Waals surface area (Å²) < 4.78 is 8.18. The zero-order chi connectivity index (χ0) is 16.6. The molecule has 0 aliphatic rings. The summed E-state index contributed by atoms with van der Waals surface area (Å²) >= 11 is 0. The first-order valence-electron chi connectivity index (χ1n) is 7.73. The normalized spacial score (nSPS) is 13.0. The van der Waals surface area contributed by atoms with Gasteiger partial charge in [0.25, 0.3) is 5.56 Å². The van der Waals surface area contributed by atoms with Gasteiger partial charge in [0.2, 0.25) is 5.91 Å². The second-order valence-electron chi connectivity index (χ2n) is 6.10. The molecule has 3 aromatic rings. The molecule has 0 aliphatic heterocycles. The molecule has 23 heavy (non-hydrogen) atoms. The maximum absolute atomic E-state index is 12.6. The fourth-order valence-corrected chi connectivity index (χ4v) is 2.53. The number of nitrogens with zero attached hydrogens (tertiary/aromatic N) is 3. The van der Waals surface area contributed by atoms with E-state index < -0.39 is 6.04 Å². The largest absolute Gasteiger partial charge is 0.463 e. The first-order valence-corrected chi connectivity index (χ1v) is 7.73. The third-order valence-corrected chi connectivity index (χ3v) is 3.95. The molecule has 1 amide bonds. The molecule has 1 N–H and O–H groups in total. The number of fused-ring (bicyclic) bond motifs is 3. The number of carbonyl (C=O) groups excluding carboxylic acids is 1. The lowest BCUT2D eigenvalue weighted by molar-refractivity contribution is -0.124. The molecule has 1 atom stereocenters. The number of amides is 1. The minimum absolute atomic E-state index is 0.208. The topological polar surface area (TPSA) is 81.5 Å². The SMILES string of the molecule is CC(C)CCNC(=O)C(C)n1ncn2c(cc3occc32)c1=O. The van der Waals surface area contributed by atoms with Crippen molar-refractivity contribution < 1.29 is 9.21 Å². The molecule has 0 radical (unpaired) electrons. The molecule has 0 bridgehead atoms. The van der Waals surface area contributed by atoms with Crippen LogP contribution >= 0.6 is 0 Å². The van der Waals surface area contributed by atoms with Crippen LogP contribution in [0.2, 0.25) is 0 Å². The van der Waals surface area contributed by atoms with Crippen molar-refractivity contribution in [3.05, 3.63) is 35.1 Å². The predicted molar refractivity (Wildman–Crippen MR) is 86.4 cm³/mol. The Balaban J connectivity index is 1.88. The van der Waals surface area contributed by atoms with Crippen molar-refractivity contribution in [2.24, 2.45) is 5.92 Å². The molecule has 122 valence electrons. The molecule has 7 nitrogen and oxygen atoms in total. The van der Waals surface area contributed by atoms with Crippen molar-refractivity contribution in [2.75, 3.05) is 6.54 Å². The lowest BCUT2D eigenvalue weighted by Gasteiger charge is -2.14. The molecule has 1 unspecified atom stereocenters. The van der Waals surface area contributed by atoms with Crippen molar-refractivity contribution in [2.45, 2.75) is 33.2 Å². The third-order valence-electron chi connectivity index (χ3n) is 3.95. The van der Waals surface area contributed by atoms with Crippen LogP contribution in [0, 0.1) is 5.92 Å². The van der Waals surface area contributed by atoms with Crippen LogP contribution in [0.15, 0.2) is 33.9 Å². The fourth-order valence-electron chi connectivity index (χ4n) is 2.53. The quantitative estimate of drug-likeness (QED) is 0.780. The van der Waals surface area contributed by atoms with Crippen molar-refractivity contribution in [3.8, 4) is 0 Å². The van der Waals surface area contributed by atoms with Gasteiger partial charge >= 0.3 is 0 Å². The third kappa shape index (κ3) is 2.74. The van der Waals surface area contributed by atoms with Gasteiger partial charge in [0.15, 0.2) is 5.58 Å². The molecule has 3 heterocycles. The maximum atomic E-state index is 12.6. The molecule has 0 aromatic carbocycles. The summed E-state index contributed by atoms with van der Waals surface area (Å²) in [6, 6.07) is 2.77. The van der Waals surface area contributed by atoms with Gasteiger partial charge in [-0.1, -0.05) is 13.8 Å². The van der Waals surface area contributed by atoms with Gasteiger partial charge < -0.3 is 9.73 Å². The standard InChI is InChI=1S/C16H20N4O3/c1-10(2)4-6-17-15(21)11(3)20-16(22)13-8-14-12(5-7-23-14)19(13)9-18-20/h5,7-11H,4,6H2,1-3H3,(H,17,21). The van der Waals surface area contributed by atoms with Gasteiger partial charge in [-0.15, -0.1) is 0 Å². The van der Waals surface area contributed by atoms with Crippen LogP contribution < -0.4 is 10.9 Å². The van der Waals surface area contributed by atoms with Crippen LogP contribution in [0.3, 0.4) is 0 Å². The van der Waals surface area contributed by atoms with Gasteiger partial charge in [0.05, 0.1) is 11.8 Å². The molecular formula is C16H20N4O3. The molecule has 0 fully saturated rings. The summed E-state index contributed by atoms with van der Waals surface area (Å²) in [6.45, 7) is 6.45. The van der Waals surface area contributed by atoms with E-state index in [4.69, 9.17) is 4.42 Å². The number of rotatable bonds is 5. The summed E-state index contributed by atoms with van der Waals surface area (Å²) in [4.78, 5) is 24.8. The number of furan rings is 1. The van der Waals surface area contributed by atoms with Crippen molar-refractivity contribution in [1.29, 1.82) is 0 Å². The Morgan fingerprint density at radius 3 is 2.87 bits per heavy atom.